The minimum absolute atomic E-state index is 0.201. The number of aromatic nitrogens is 3. The maximum absolute atomic E-state index is 12.9. The van der Waals surface area contributed by atoms with Crippen molar-refractivity contribution in [2.24, 2.45) is 0 Å². The van der Waals surface area contributed by atoms with Crippen LogP contribution in [0.3, 0.4) is 0 Å². The number of nitrogens with zero attached hydrogens (tertiary/aromatic N) is 2. The Morgan fingerprint density at radius 2 is 1.55 bits per heavy atom. The summed E-state index contributed by atoms with van der Waals surface area (Å²) in [6.07, 6.45) is 1.51. The maximum Gasteiger partial charge on any atom is 0.241 e. The van der Waals surface area contributed by atoms with Crippen LogP contribution in [0.5, 0.6) is 0 Å². The molecule has 0 saturated heterocycles. The smallest absolute Gasteiger partial charge is 0.241 e. The van der Waals surface area contributed by atoms with Crippen LogP contribution in [0, 0.1) is 0 Å². The molecule has 3 N–H and O–H groups in total. The monoisotopic (exact) mass is 461 g/mol. The predicted octanol–water partition coefficient (Wildman–Crippen LogP) is 3.98. The quantitative estimate of drug-likeness (QED) is 0.350. The van der Waals surface area contributed by atoms with Gasteiger partial charge in [-0.1, -0.05) is 65.9 Å². The van der Waals surface area contributed by atoms with Gasteiger partial charge in [0.25, 0.3) is 0 Å². The van der Waals surface area contributed by atoms with Crippen molar-refractivity contribution in [2.45, 2.75) is 37.4 Å². The van der Waals surface area contributed by atoms with Crippen molar-refractivity contribution >= 4 is 10.0 Å². The largest absolute Gasteiger partial charge is 0.309 e. The molecule has 0 amide bonds. The molecular weight excluding hydrogens is 434 g/mol. The van der Waals surface area contributed by atoms with Crippen LogP contribution in [-0.4, -0.2) is 23.8 Å². The average molecular weight is 462 g/mol. The SMILES string of the molecule is CC(C)(NS(=O)(=O)c1ccc(-c2cccc(CNCc3ccccc3)c2)cc1)c1cnn[nH]1. The number of H-pyrrole nitrogens is 1. The first-order valence-corrected chi connectivity index (χ1v) is 12.2. The van der Waals surface area contributed by atoms with E-state index in [1.54, 1.807) is 26.0 Å². The van der Waals surface area contributed by atoms with Crippen LogP contribution in [0.1, 0.15) is 30.7 Å². The zero-order chi connectivity index (χ0) is 23.3. The molecule has 0 spiro atoms. The maximum atomic E-state index is 12.9. The Labute approximate surface area is 194 Å². The first kappa shape index (κ1) is 22.8. The summed E-state index contributed by atoms with van der Waals surface area (Å²) in [6, 6.07) is 25.4. The van der Waals surface area contributed by atoms with Crippen molar-refractivity contribution in [2.75, 3.05) is 0 Å². The summed E-state index contributed by atoms with van der Waals surface area (Å²) in [7, 11) is -3.73. The van der Waals surface area contributed by atoms with Crippen molar-refractivity contribution in [3.8, 4) is 11.1 Å². The van der Waals surface area contributed by atoms with Crippen molar-refractivity contribution in [1.29, 1.82) is 0 Å². The Kier molecular flexibility index (Phi) is 6.69. The van der Waals surface area contributed by atoms with Crippen LogP contribution < -0.4 is 10.0 Å². The highest BCUT2D eigenvalue weighted by atomic mass is 32.2. The van der Waals surface area contributed by atoms with E-state index in [-0.39, 0.29) is 4.90 Å². The van der Waals surface area contributed by atoms with E-state index in [1.165, 1.54) is 11.8 Å². The van der Waals surface area contributed by atoms with Crippen LogP contribution in [0.25, 0.3) is 11.1 Å². The number of benzene rings is 3. The molecule has 8 heteroatoms. The van der Waals surface area contributed by atoms with Gasteiger partial charge in [0.1, 0.15) is 0 Å². The van der Waals surface area contributed by atoms with E-state index < -0.39 is 15.6 Å². The summed E-state index contributed by atoms with van der Waals surface area (Å²) in [5.74, 6) is 0. The molecule has 0 aliphatic carbocycles. The topological polar surface area (TPSA) is 99.8 Å². The lowest BCUT2D eigenvalue weighted by Crippen LogP contribution is -2.41. The van der Waals surface area contributed by atoms with Crippen LogP contribution in [0.15, 0.2) is 90.0 Å². The molecule has 1 aromatic heterocycles. The fourth-order valence-electron chi connectivity index (χ4n) is 3.58. The van der Waals surface area contributed by atoms with Crippen molar-refractivity contribution < 1.29 is 8.42 Å². The molecular formula is C25H27N5O2S. The number of rotatable bonds is 9. The Morgan fingerprint density at radius 1 is 0.848 bits per heavy atom. The van der Waals surface area contributed by atoms with Crippen molar-refractivity contribution in [1.82, 2.24) is 25.4 Å². The molecule has 0 unspecified atom stereocenters. The molecule has 1 heterocycles. The average Bonchev–Trinajstić information content (AvgIpc) is 3.36. The van der Waals surface area contributed by atoms with Crippen LogP contribution in [0.4, 0.5) is 0 Å². The molecule has 0 radical (unpaired) electrons. The van der Waals surface area contributed by atoms with E-state index in [4.69, 9.17) is 0 Å². The van der Waals surface area contributed by atoms with Gasteiger partial charge in [-0.3, -0.25) is 5.10 Å². The van der Waals surface area contributed by atoms with Gasteiger partial charge >= 0.3 is 0 Å². The zero-order valence-electron chi connectivity index (χ0n) is 18.6. The van der Waals surface area contributed by atoms with E-state index in [0.29, 0.717) is 5.69 Å². The first-order chi connectivity index (χ1) is 15.8. The summed E-state index contributed by atoms with van der Waals surface area (Å²) >= 11 is 0. The summed E-state index contributed by atoms with van der Waals surface area (Å²) in [5.41, 5.74) is 4.11. The van der Waals surface area contributed by atoms with Gasteiger partial charge in [0.15, 0.2) is 0 Å². The third kappa shape index (κ3) is 5.73. The number of hydrogen-bond donors (Lipinski definition) is 3. The summed E-state index contributed by atoms with van der Waals surface area (Å²) in [5, 5.41) is 13.6. The van der Waals surface area contributed by atoms with Gasteiger partial charge in [-0.05, 0) is 54.3 Å². The summed E-state index contributed by atoms with van der Waals surface area (Å²) in [4.78, 5) is 0.201. The first-order valence-electron chi connectivity index (χ1n) is 10.7. The molecule has 0 aliphatic heterocycles. The van der Waals surface area contributed by atoms with E-state index >= 15 is 0 Å². The van der Waals surface area contributed by atoms with Gasteiger partial charge in [-0.2, -0.15) is 4.72 Å². The van der Waals surface area contributed by atoms with E-state index in [9.17, 15) is 8.42 Å². The summed E-state index contributed by atoms with van der Waals surface area (Å²) < 4.78 is 28.5. The Hall–Kier alpha value is -3.33. The normalized spacial score (nSPS) is 12.1. The third-order valence-electron chi connectivity index (χ3n) is 5.40. The zero-order valence-corrected chi connectivity index (χ0v) is 19.4. The van der Waals surface area contributed by atoms with Crippen molar-refractivity contribution in [3.05, 3.63) is 102 Å². The van der Waals surface area contributed by atoms with E-state index in [1.807, 2.05) is 42.5 Å². The Morgan fingerprint density at radius 3 is 2.24 bits per heavy atom. The number of hydrogen-bond acceptors (Lipinski definition) is 5. The van der Waals surface area contributed by atoms with Gasteiger partial charge in [-0.25, -0.2) is 8.42 Å². The van der Waals surface area contributed by atoms with Gasteiger partial charge in [0, 0.05) is 13.1 Å². The Balaban J connectivity index is 1.44. The highest BCUT2D eigenvalue weighted by Crippen LogP contribution is 2.25. The van der Waals surface area contributed by atoms with Gasteiger partial charge < -0.3 is 5.32 Å². The molecule has 4 rings (SSSR count). The lowest BCUT2D eigenvalue weighted by molar-refractivity contribution is 0.459. The molecule has 33 heavy (non-hydrogen) atoms. The summed E-state index contributed by atoms with van der Waals surface area (Å²) in [6.45, 7) is 5.06. The highest BCUT2D eigenvalue weighted by molar-refractivity contribution is 7.89. The molecule has 3 aromatic carbocycles. The van der Waals surface area contributed by atoms with Crippen molar-refractivity contribution in [3.63, 3.8) is 0 Å². The second kappa shape index (κ2) is 9.66. The number of aromatic amines is 1. The number of sulfonamides is 1. The minimum atomic E-state index is -3.73. The molecule has 0 saturated carbocycles. The van der Waals surface area contributed by atoms with Gasteiger partial charge in [-0.15, -0.1) is 5.10 Å². The van der Waals surface area contributed by atoms with E-state index in [2.05, 4.69) is 49.7 Å². The highest BCUT2D eigenvalue weighted by Gasteiger charge is 2.29. The van der Waals surface area contributed by atoms with Crippen LogP contribution >= 0.6 is 0 Å². The van der Waals surface area contributed by atoms with E-state index in [0.717, 1.165) is 29.8 Å². The third-order valence-corrected chi connectivity index (χ3v) is 7.08. The number of nitrogens with one attached hydrogen (secondary N) is 3. The fourth-order valence-corrected chi connectivity index (χ4v) is 4.98. The molecule has 4 aromatic rings. The molecule has 7 nitrogen and oxygen atoms in total. The predicted molar refractivity (Wildman–Crippen MR) is 129 cm³/mol. The standard InChI is InChI=1S/C25H27N5O2S/c1-25(2,24-18-27-30-28-24)29-33(31,32)23-13-11-21(12-14-23)22-10-6-9-20(15-22)17-26-16-19-7-4-3-5-8-19/h3-15,18,26,29H,16-17H2,1-2H3,(H,27,28,30). The molecule has 0 atom stereocenters. The fraction of sp³-hybridized carbons (Fsp3) is 0.200. The second-order valence-corrected chi connectivity index (χ2v) is 10.1. The molecule has 170 valence electrons. The Bertz CT molecular complexity index is 1290. The molecule has 0 aliphatic rings. The lowest BCUT2D eigenvalue weighted by atomic mass is 10.0. The van der Waals surface area contributed by atoms with Gasteiger partial charge in [0.05, 0.1) is 22.3 Å². The van der Waals surface area contributed by atoms with Crippen LogP contribution in [-0.2, 0) is 28.7 Å². The van der Waals surface area contributed by atoms with Gasteiger partial charge in [0.2, 0.25) is 10.0 Å². The lowest BCUT2D eigenvalue weighted by Gasteiger charge is -2.24. The molecule has 0 bridgehead atoms. The molecule has 0 fully saturated rings. The minimum Gasteiger partial charge on any atom is -0.309 e. The second-order valence-electron chi connectivity index (χ2n) is 8.41. The van der Waals surface area contributed by atoms with Crippen LogP contribution in [0.2, 0.25) is 0 Å².